The molecular weight excluding hydrogens is 396 g/mol. The van der Waals surface area contributed by atoms with Gasteiger partial charge in [-0.25, -0.2) is 9.78 Å². The summed E-state index contributed by atoms with van der Waals surface area (Å²) in [7, 11) is 0. The molecule has 0 unspecified atom stereocenters. The zero-order valence-corrected chi connectivity index (χ0v) is 17.5. The van der Waals surface area contributed by atoms with Gasteiger partial charge in [0, 0.05) is 5.56 Å². The predicted molar refractivity (Wildman–Crippen MR) is 114 cm³/mol. The normalized spacial score (nSPS) is 10.6. The molecule has 0 radical (unpaired) electrons. The van der Waals surface area contributed by atoms with Crippen LogP contribution >= 0.6 is 22.9 Å². The average Bonchev–Trinajstić information content (AvgIpc) is 3.09. The Morgan fingerprint density at radius 2 is 1.96 bits per heavy atom. The molecule has 3 aromatic rings. The van der Waals surface area contributed by atoms with Crippen LogP contribution in [0.15, 0.2) is 42.5 Å². The van der Waals surface area contributed by atoms with Crippen molar-refractivity contribution in [2.45, 2.75) is 20.8 Å². The van der Waals surface area contributed by atoms with E-state index in [2.05, 4.69) is 10.3 Å². The van der Waals surface area contributed by atoms with Crippen LogP contribution in [-0.4, -0.2) is 24.2 Å². The van der Waals surface area contributed by atoms with Gasteiger partial charge in [-0.15, -0.1) is 11.3 Å². The smallest absolute Gasteiger partial charge is 0.352 e. The number of ether oxygens (including phenoxy) is 2. The van der Waals surface area contributed by atoms with Crippen LogP contribution in [0.25, 0.3) is 10.6 Å². The molecule has 0 fully saturated rings. The molecule has 5 nitrogen and oxygen atoms in total. The lowest BCUT2D eigenvalue weighted by Crippen LogP contribution is -2.05. The molecule has 3 rings (SSSR count). The van der Waals surface area contributed by atoms with Gasteiger partial charge in [0.2, 0.25) is 0 Å². The van der Waals surface area contributed by atoms with Crippen molar-refractivity contribution in [3.8, 4) is 16.3 Å². The number of aromatic nitrogens is 1. The molecule has 7 heteroatoms. The molecule has 2 aromatic carbocycles. The summed E-state index contributed by atoms with van der Waals surface area (Å²) in [5, 5.41) is 4.42. The van der Waals surface area contributed by atoms with E-state index in [1.165, 1.54) is 11.3 Å². The molecule has 0 aliphatic heterocycles. The molecule has 0 saturated heterocycles. The lowest BCUT2D eigenvalue weighted by molar-refractivity contribution is 0.0533. The summed E-state index contributed by atoms with van der Waals surface area (Å²) in [4.78, 5) is 17.5. The zero-order chi connectivity index (χ0) is 20.1. The first kappa shape index (κ1) is 20.2. The standard InChI is InChI=1S/C21H21ClN2O3S/c1-4-26-17-11-10-14(12-13(17)3)20-24-19(18(28-20)21(25)27-5-2)23-16-9-7-6-8-15(16)22/h6-12,23H,4-5H2,1-3H3. The SMILES string of the molecule is CCOC(=O)c1sc(-c2ccc(OCC)c(C)c2)nc1Nc1ccccc1Cl. The third-order valence-electron chi connectivity index (χ3n) is 3.94. The van der Waals surface area contributed by atoms with Crippen LogP contribution in [0, 0.1) is 6.92 Å². The Balaban J connectivity index is 2.00. The fourth-order valence-electron chi connectivity index (χ4n) is 2.65. The number of hydrogen-bond acceptors (Lipinski definition) is 6. The topological polar surface area (TPSA) is 60.5 Å². The van der Waals surface area contributed by atoms with Gasteiger partial charge in [-0.1, -0.05) is 23.7 Å². The number of esters is 1. The molecule has 0 amide bonds. The highest BCUT2D eigenvalue weighted by atomic mass is 35.5. The quantitative estimate of drug-likeness (QED) is 0.472. The molecule has 0 bridgehead atoms. The van der Waals surface area contributed by atoms with Crippen molar-refractivity contribution in [1.82, 2.24) is 4.98 Å². The number of para-hydroxylation sites is 1. The lowest BCUT2D eigenvalue weighted by atomic mass is 10.1. The molecule has 28 heavy (non-hydrogen) atoms. The van der Waals surface area contributed by atoms with Crippen molar-refractivity contribution >= 4 is 40.4 Å². The van der Waals surface area contributed by atoms with Crippen LogP contribution in [0.5, 0.6) is 5.75 Å². The Morgan fingerprint density at radius 3 is 2.64 bits per heavy atom. The summed E-state index contributed by atoms with van der Waals surface area (Å²) < 4.78 is 10.8. The van der Waals surface area contributed by atoms with E-state index in [1.807, 2.05) is 50.2 Å². The molecule has 1 aromatic heterocycles. The van der Waals surface area contributed by atoms with Gasteiger partial charge in [0.25, 0.3) is 0 Å². The Labute approximate surface area is 173 Å². The predicted octanol–water partition coefficient (Wildman–Crippen LogP) is 6.09. The number of anilines is 2. The number of carbonyl (C=O) groups is 1. The maximum absolute atomic E-state index is 12.4. The van der Waals surface area contributed by atoms with Crippen LogP contribution in [0.2, 0.25) is 5.02 Å². The number of aryl methyl sites for hydroxylation is 1. The van der Waals surface area contributed by atoms with E-state index in [0.717, 1.165) is 16.9 Å². The Bertz CT molecular complexity index is 988. The maximum Gasteiger partial charge on any atom is 0.352 e. The third kappa shape index (κ3) is 4.46. The Morgan fingerprint density at radius 1 is 1.18 bits per heavy atom. The van der Waals surface area contributed by atoms with Crippen LogP contribution in [-0.2, 0) is 4.74 Å². The van der Waals surface area contributed by atoms with Gasteiger partial charge in [-0.3, -0.25) is 0 Å². The van der Waals surface area contributed by atoms with Crippen LogP contribution in [0.1, 0.15) is 29.1 Å². The number of halogens is 1. The maximum atomic E-state index is 12.4. The number of thiazole rings is 1. The second-order valence-electron chi connectivity index (χ2n) is 5.94. The summed E-state index contributed by atoms with van der Waals surface area (Å²) in [5.74, 6) is 0.851. The number of rotatable bonds is 7. The number of benzene rings is 2. The van der Waals surface area contributed by atoms with E-state index < -0.39 is 5.97 Å². The zero-order valence-electron chi connectivity index (χ0n) is 15.9. The number of nitrogens with zero attached hydrogens (tertiary/aromatic N) is 1. The van der Waals surface area contributed by atoms with Crippen LogP contribution < -0.4 is 10.1 Å². The minimum Gasteiger partial charge on any atom is -0.494 e. The summed E-state index contributed by atoms with van der Waals surface area (Å²) >= 11 is 7.52. The summed E-state index contributed by atoms with van der Waals surface area (Å²) in [6.07, 6.45) is 0. The highest BCUT2D eigenvalue weighted by molar-refractivity contribution is 7.17. The van der Waals surface area contributed by atoms with Crippen molar-refractivity contribution in [3.63, 3.8) is 0 Å². The monoisotopic (exact) mass is 416 g/mol. The largest absolute Gasteiger partial charge is 0.494 e. The minimum absolute atomic E-state index is 0.291. The third-order valence-corrected chi connectivity index (χ3v) is 5.35. The van der Waals surface area contributed by atoms with Crippen molar-refractivity contribution < 1.29 is 14.3 Å². The number of nitrogens with one attached hydrogen (secondary N) is 1. The van der Waals surface area contributed by atoms with Gasteiger partial charge in [-0.05, 0) is 56.7 Å². The highest BCUT2D eigenvalue weighted by Crippen LogP contribution is 2.36. The van der Waals surface area contributed by atoms with Crippen molar-refractivity contribution in [1.29, 1.82) is 0 Å². The summed E-state index contributed by atoms with van der Waals surface area (Å²) in [6.45, 7) is 6.61. The fourth-order valence-corrected chi connectivity index (χ4v) is 3.75. The van der Waals surface area contributed by atoms with E-state index in [4.69, 9.17) is 21.1 Å². The fraction of sp³-hybridized carbons (Fsp3) is 0.238. The first-order valence-electron chi connectivity index (χ1n) is 8.96. The van der Waals surface area contributed by atoms with E-state index in [1.54, 1.807) is 13.0 Å². The molecule has 1 N–H and O–H groups in total. The second kappa shape index (κ2) is 9.08. The van der Waals surface area contributed by atoms with Crippen molar-refractivity contribution in [2.24, 2.45) is 0 Å². The molecule has 0 spiro atoms. The van der Waals surface area contributed by atoms with Gasteiger partial charge in [0.15, 0.2) is 10.7 Å². The molecule has 1 heterocycles. The minimum atomic E-state index is -0.413. The van der Waals surface area contributed by atoms with Crippen molar-refractivity contribution in [2.75, 3.05) is 18.5 Å². The summed E-state index contributed by atoms with van der Waals surface area (Å²) in [5.41, 5.74) is 2.59. The van der Waals surface area contributed by atoms with Gasteiger partial charge >= 0.3 is 5.97 Å². The van der Waals surface area contributed by atoms with Crippen molar-refractivity contribution in [3.05, 3.63) is 57.9 Å². The van der Waals surface area contributed by atoms with E-state index in [-0.39, 0.29) is 0 Å². The van der Waals surface area contributed by atoms with Gasteiger partial charge in [0.05, 0.1) is 23.9 Å². The average molecular weight is 417 g/mol. The molecule has 0 aliphatic carbocycles. The second-order valence-corrected chi connectivity index (χ2v) is 7.34. The molecule has 146 valence electrons. The number of carbonyl (C=O) groups excluding carboxylic acids is 1. The first-order valence-corrected chi connectivity index (χ1v) is 10.2. The van der Waals surface area contributed by atoms with Gasteiger partial charge < -0.3 is 14.8 Å². The number of hydrogen-bond donors (Lipinski definition) is 1. The van der Waals surface area contributed by atoms with Gasteiger partial charge in [0.1, 0.15) is 10.8 Å². The molecule has 0 aliphatic rings. The summed E-state index contributed by atoms with van der Waals surface area (Å²) in [6, 6.07) is 13.2. The van der Waals surface area contributed by atoms with E-state index in [0.29, 0.717) is 39.6 Å². The molecular formula is C21H21ClN2O3S. The first-order chi connectivity index (χ1) is 13.5. The molecule has 0 atom stereocenters. The lowest BCUT2D eigenvalue weighted by Gasteiger charge is -2.08. The molecule has 0 saturated carbocycles. The van der Waals surface area contributed by atoms with E-state index in [9.17, 15) is 4.79 Å². The Kier molecular flexibility index (Phi) is 6.54. The van der Waals surface area contributed by atoms with Crippen LogP contribution in [0.4, 0.5) is 11.5 Å². The Hall–Kier alpha value is -2.57. The van der Waals surface area contributed by atoms with E-state index >= 15 is 0 Å². The van der Waals surface area contributed by atoms with Gasteiger partial charge in [-0.2, -0.15) is 0 Å². The van der Waals surface area contributed by atoms with Crippen LogP contribution in [0.3, 0.4) is 0 Å². The highest BCUT2D eigenvalue weighted by Gasteiger charge is 2.21.